The Morgan fingerprint density at radius 2 is 2.14 bits per heavy atom. The van der Waals surface area contributed by atoms with Crippen molar-refractivity contribution in [1.82, 2.24) is 4.90 Å². The van der Waals surface area contributed by atoms with Crippen LogP contribution >= 0.6 is 15.9 Å². The molecule has 1 aromatic carbocycles. The van der Waals surface area contributed by atoms with E-state index in [-0.39, 0.29) is 17.9 Å². The summed E-state index contributed by atoms with van der Waals surface area (Å²) >= 11 is 3.20. The summed E-state index contributed by atoms with van der Waals surface area (Å²) in [5.74, 6) is -0.214. The van der Waals surface area contributed by atoms with Crippen molar-refractivity contribution in [3.63, 3.8) is 0 Å². The van der Waals surface area contributed by atoms with Crippen LogP contribution < -0.4 is 4.74 Å². The minimum Gasteiger partial charge on any atom is -0.485 e. The number of benzene rings is 1. The van der Waals surface area contributed by atoms with Crippen molar-refractivity contribution < 1.29 is 18.7 Å². The highest BCUT2D eigenvalue weighted by Crippen LogP contribution is 2.25. The third kappa shape index (κ3) is 4.59. The first-order valence-corrected chi connectivity index (χ1v) is 7.63. The molecule has 1 saturated heterocycles. The lowest BCUT2D eigenvalue weighted by Crippen LogP contribution is -2.36. The zero-order valence-corrected chi connectivity index (χ0v) is 13.9. The molecule has 0 radical (unpaired) electrons. The molecule has 21 heavy (non-hydrogen) atoms. The standard InChI is InChI=1S/C15H19BrFNO3/c1-15(2,3)21-14(19)18-7-6-11(9-18)20-13-5-4-10(16)8-12(13)17/h4-5,8,11H,6-7,9H2,1-3H3/t11-/m1/s1. The Kier molecular flexibility index (Phi) is 4.76. The minimum atomic E-state index is -0.520. The van der Waals surface area contributed by atoms with Crippen LogP contribution in [-0.2, 0) is 4.74 Å². The SMILES string of the molecule is CC(C)(C)OC(=O)N1CC[C@@H](Oc2ccc(Br)cc2F)C1. The molecule has 6 heteroatoms. The van der Waals surface area contributed by atoms with Crippen LogP contribution in [-0.4, -0.2) is 35.8 Å². The summed E-state index contributed by atoms with van der Waals surface area (Å²) in [5, 5.41) is 0. The molecule has 1 aromatic rings. The number of amides is 1. The van der Waals surface area contributed by atoms with Gasteiger partial charge in [-0.15, -0.1) is 0 Å². The quantitative estimate of drug-likeness (QED) is 0.801. The normalized spacial score (nSPS) is 18.7. The molecule has 1 fully saturated rings. The molecule has 1 heterocycles. The largest absolute Gasteiger partial charge is 0.485 e. The zero-order chi connectivity index (χ0) is 15.6. The van der Waals surface area contributed by atoms with Crippen LogP contribution in [0.5, 0.6) is 5.75 Å². The van der Waals surface area contributed by atoms with E-state index in [4.69, 9.17) is 9.47 Å². The molecule has 1 amide bonds. The molecule has 1 atom stereocenters. The fraction of sp³-hybridized carbons (Fsp3) is 0.533. The van der Waals surface area contributed by atoms with Gasteiger partial charge in [-0.25, -0.2) is 9.18 Å². The van der Waals surface area contributed by atoms with Crippen molar-refractivity contribution in [2.24, 2.45) is 0 Å². The smallest absolute Gasteiger partial charge is 0.410 e. The molecule has 0 N–H and O–H groups in total. The zero-order valence-electron chi connectivity index (χ0n) is 12.4. The number of halogens is 2. The Balaban J connectivity index is 1.92. The van der Waals surface area contributed by atoms with Crippen molar-refractivity contribution in [2.75, 3.05) is 13.1 Å². The number of hydrogen-bond acceptors (Lipinski definition) is 3. The first kappa shape index (κ1) is 16.1. The Morgan fingerprint density at radius 3 is 2.76 bits per heavy atom. The average molecular weight is 360 g/mol. The number of rotatable bonds is 2. The highest BCUT2D eigenvalue weighted by molar-refractivity contribution is 9.10. The first-order chi connectivity index (χ1) is 9.74. The Bertz CT molecular complexity index is 530. The fourth-order valence-electron chi connectivity index (χ4n) is 2.07. The van der Waals surface area contributed by atoms with Crippen LogP contribution in [0.25, 0.3) is 0 Å². The van der Waals surface area contributed by atoms with E-state index in [0.717, 1.165) is 0 Å². The Labute approximate surface area is 132 Å². The summed E-state index contributed by atoms with van der Waals surface area (Å²) in [4.78, 5) is 13.5. The second kappa shape index (κ2) is 6.22. The van der Waals surface area contributed by atoms with Crippen LogP contribution in [0.3, 0.4) is 0 Å². The maximum absolute atomic E-state index is 13.7. The van der Waals surface area contributed by atoms with E-state index in [0.29, 0.717) is 24.0 Å². The summed E-state index contributed by atoms with van der Waals surface area (Å²) in [6.07, 6.45) is 0.0902. The van der Waals surface area contributed by atoms with E-state index in [1.165, 1.54) is 6.07 Å². The lowest BCUT2D eigenvalue weighted by molar-refractivity contribution is 0.0275. The molecular formula is C15H19BrFNO3. The van der Waals surface area contributed by atoms with E-state index < -0.39 is 11.4 Å². The molecular weight excluding hydrogens is 341 g/mol. The van der Waals surface area contributed by atoms with Gasteiger partial charge in [0.05, 0.1) is 6.54 Å². The van der Waals surface area contributed by atoms with E-state index in [9.17, 15) is 9.18 Å². The average Bonchev–Trinajstić information content (AvgIpc) is 2.79. The van der Waals surface area contributed by atoms with Crippen molar-refractivity contribution >= 4 is 22.0 Å². The summed E-state index contributed by atoms with van der Waals surface area (Å²) in [5.41, 5.74) is -0.520. The second-order valence-corrected chi connectivity index (χ2v) is 6.95. The maximum Gasteiger partial charge on any atom is 0.410 e. The lowest BCUT2D eigenvalue weighted by Gasteiger charge is -2.24. The van der Waals surface area contributed by atoms with Crippen molar-refractivity contribution in [3.05, 3.63) is 28.5 Å². The predicted octanol–water partition coefficient (Wildman–Crippen LogP) is 3.98. The minimum absolute atomic E-state index is 0.203. The number of carbonyl (C=O) groups excluding carboxylic acids is 1. The third-order valence-corrected chi connectivity index (χ3v) is 3.48. The van der Waals surface area contributed by atoms with Crippen molar-refractivity contribution in [1.29, 1.82) is 0 Å². The third-order valence-electron chi connectivity index (χ3n) is 2.98. The van der Waals surface area contributed by atoms with Crippen LogP contribution in [0.1, 0.15) is 27.2 Å². The molecule has 0 saturated carbocycles. The van der Waals surface area contributed by atoms with Gasteiger partial charge in [-0.2, -0.15) is 0 Å². The molecule has 0 unspecified atom stereocenters. The number of likely N-dealkylation sites (tertiary alicyclic amines) is 1. The van der Waals surface area contributed by atoms with Gasteiger partial charge in [0.15, 0.2) is 11.6 Å². The van der Waals surface area contributed by atoms with Crippen LogP contribution in [0.15, 0.2) is 22.7 Å². The molecule has 0 aliphatic carbocycles. The molecule has 0 aromatic heterocycles. The molecule has 1 aliphatic heterocycles. The van der Waals surface area contributed by atoms with Gasteiger partial charge in [-0.3, -0.25) is 0 Å². The topological polar surface area (TPSA) is 38.8 Å². The molecule has 4 nitrogen and oxygen atoms in total. The first-order valence-electron chi connectivity index (χ1n) is 6.84. The van der Waals surface area contributed by atoms with Gasteiger partial charge >= 0.3 is 6.09 Å². The molecule has 0 spiro atoms. The highest BCUT2D eigenvalue weighted by Gasteiger charge is 2.31. The van der Waals surface area contributed by atoms with Crippen molar-refractivity contribution in [3.8, 4) is 5.75 Å². The summed E-state index contributed by atoms with van der Waals surface area (Å²) in [7, 11) is 0. The monoisotopic (exact) mass is 359 g/mol. The van der Waals surface area contributed by atoms with Crippen molar-refractivity contribution in [2.45, 2.75) is 38.9 Å². The second-order valence-electron chi connectivity index (χ2n) is 6.03. The van der Waals surface area contributed by atoms with Gasteiger partial charge in [-0.1, -0.05) is 15.9 Å². The van der Waals surface area contributed by atoms with Gasteiger partial charge in [0.1, 0.15) is 11.7 Å². The number of nitrogens with zero attached hydrogens (tertiary/aromatic N) is 1. The predicted molar refractivity (Wildman–Crippen MR) is 80.9 cm³/mol. The molecule has 0 bridgehead atoms. The Morgan fingerprint density at radius 1 is 1.43 bits per heavy atom. The summed E-state index contributed by atoms with van der Waals surface area (Å²) < 4.78 is 25.3. The van der Waals surface area contributed by atoms with Gasteiger partial charge in [-0.05, 0) is 39.0 Å². The number of carbonyl (C=O) groups is 1. The van der Waals surface area contributed by atoms with E-state index in [1.807, 2.05) is 20.8 Å². The van der Waals surface area contributed by atoms with Gasteiger partial charge in [0.25, 0.3) is 0 Å². The van der Waals surface area contributed by atoms with Crippen LogP contribution in [0.2, 0.25) is 0 Å². The van der Waals surface area contributed by atoms with E-state index >= 15 is 0 Å². The van der Waals surface area contributed by atoms with Crippen LogP contribution in [0.4, 0.5) is 9.18 Å². The van der Waals surface area contributed by atoms with Crippen LogP contribution in [0, 0.1) is 5.82 Å². The molecule has 2 rings (SSSR count). The molecule has 1 aliphatic rings. The van der Waals surface area contributed by atoms with E-state index in [2.05, 4.69) is 15.9 Å². The number of ether oxygens (including phenoxy) is 2. The summed E-state index contributed by atoms with van der Waals surface area (Å²) in [6, 6.07) is 4.66. The van der Waals surface area contributed by atoms with Gasteiger partial charge in [0, 0.05) is 17.4 Å². The molecule has 116 valence electrons. The van der Waals surface area contributed by atoms with Gasteiger partial charge in [0.2, 0.25) is 0 Å². The highest BCUT2D eigenvalue weighted by atomic mass is 79.9. The lowest BCUT2D eigenvalue weighted by atomic mass is 10.2. The fourth-order valence-corrected chi connectivity index (χ4v) is 2.40. The van der Waals surface area contributed by atoms with Gasteiger partial charge < -0.3 is 14.4 Å². The maximum atomic E-state index is 13.7. The van der Waals surface area contributed by atoms with E-state index in [1.54, 1.807) is 17.0 Å². The number of hydrogen-bond donors (Lipinski definition) is 0. The summed E-state index contributed by atoms with van der Waals surface area (Å²) in [6.45, 7) is 6.44. The Hall–Kier alpha value is -1.30.